The van der Waals surface area contributed by atoms with E-state index in [4.69, 9.17) is 16.3 Å². The number of benzene rings is 1. The Morgan fingerprint density at radius 2 is 2.14 bits per heavy atom. The normalized spacial score (nSPS) is 25.0. The number of hydrogen-bond donors (Lipinski definition) is 1. The van der Waals surface area contributed by atoms with Crippen LogP contribution in [0.1, 0.15) is 30.1 Å². The van der Waals surface area contributed by atoms with E-state index in [1.54, 1.807) is 19.2 Å². The predicted octanol–water partition coefficient (Wildman–Crippen LogP) is 2.48. The first-order chi connectivity index (χ1) is 9.93. The lowest BCUT2D eigenvalue weighted by Crippen LogP contribution is -2.47. The van der Waals surface area contributed by atoms with Crippen LogP contribution in [0.25, 0.3) is 0 Å². The Bertz CT molecular complexity index is 632. The van der Waals surface area contributed by atoms with Gasteiger partial charge >= 0.3 is 0 Å². The van der Waals surface area contributed by atoms with Crippen LogP contribution in [0.5, 0.6) is 0 Å². The molecule has 1 saturated heterocycles. The number of carbonyl (C=O) groups is 2. The average molecular weight is 309 g/mol. The number of anilines is 2. The minimum atomic E-state index is -0.599. The Kier molecular flexibility index (Phi) is 3.42. The van der Waals surface area contributed by atoms with Crippen molar-refractivity contribution in [1.82, 2.24) is 0 Å². The molecule has 5 nitrogen and oxygen atoms in total. The topological polar surface area (TPSA) is 58.6 Å². The van der Waals surface area contributed by atoms with Crippen molar-refractivity contribution in [3.63, 3.8) is 0 Å². The standard InChI is InChI=1S/C15H17ClN2O3/c1-15(21-2)4-3-5-18(8-15)12-7-11-9(6-10(12)16)13(19)14(20)17-11/h6-7H,3-5,8H2,1-2H3,(H,17,19,20). The van der Waals surface area contributed by atoms with Gasteiger partial charge in [0.25, 0.3) is 11.7 Å². The molecular formula is C15H17ClN2O3. The Balaban J connectivity index is 1.95. The van der Waals surface area contributed by atoms with Gasteiger partial charge in [-0.2, -0.15) is 0 Å². The van der Waals surface area contributed by atoms with Gasteiger partial charge in [0.15, 0.2) is 0 Å². The third-order valence-corrected chi connectivity index (χ3v) is 4.58. The van der Waals surface area contributed by atoms with E-state index >= 15 is 0 Å². The summed E-state index contributed by atoms with van der Waals surface area (Å²) >= 11 is 6.32. The van der Waals surface area contributed by atoms with Crippen LogP contribution in [0.2, 0.25) is 5.02 Å². The summed E-state index contributed by atoms with van der Waals surface area (Å²) in [6.45, 7) is 3.68. The van der Waals surface area contributed by atoms with Crippen LogP contribution in [0.3, 0.4) is 0 Å². The van der Waals surface area contributed by atoms with Crippen LogP contribution in [0.4, 0.5) is 11.4 Å². The molecule has 112 valence electrons. The highest BCUT2D eigenvalue weighted by atomic mass is 35.5. The first-order valence-electron chi connectivity index (χ1n) is 6.93. The molecular weight excluding hydrogens is 292 g/mol. The zero-order valence-corrected chi connectivity index (χ0v) is 12.8. The zero-order chi connectivity index (χ0) is 15.2. The summed E-state index contributed by atoms with van der Waals surface area (Å²) in [5.41, 5.74) is 1.50. The summed E-state index contributed by atoms with van der Waals surface area (Å²) in [5.74, 6) is -1.13. The number of nitrogens with one attached hydrogen (secondary N) is 1. The number of amides is 1. The number of fused-ring (bicyclic) bond motifs is 1. The molecule has 2 aliphatic rings. The second kappa shape index (κ2) is 5.00. The Hall–Kier alpha value is -1.59. The highest BCUT2D eigenvalue weighted by molar-refractivity contribution is 6.52. The van der Waals surface area contributed by atoms with Crippen molar-refractivity contribution in [2.45, 2.75) is 25.4 Å². The summed E-state index contributed by atoms with van der Waals surface area (Å²) in [6, 6.07) is 3.35. The number of carbonyl (C=O) groups excluding carboxylic acids is 2. The average Bonchev–Trinajstić information content (AvgIpc) is 2.73. The van der Waals surface area contributed by atoms with Gasteiger partial charge in [-0.3, -0.25) is 9.59 Å². The lowest BCUT2D eigenvalue weighted by atomic mass is 9.94. The van der Waals surface area contributed by atoms with Gasteiger partial charge < -0.3 is 15.0 Å². The molecule has 0 spiro atoms. The van der Waals surface area contributed by atoms with Crippen molar-refractivity contribution >= 4 is 34.7 Å². The van der Waals surface area contributed by atoms with Crippen molar-refractivity contribution in [2.24, 2.45) is 0 Å². The van der Waals surface area contributed by atoms with Crippen molar-refractivity contribution in [3.05, 3.63) is 22.7 Å². The number of hydrogen-bond acceptors (Lipinski definition) is 4. The molecule has 0 aliphatic carbocycles. The van der Waals surface area contributed by atoms with Gasteiger partial charge in [0.2, 0.25) is 0 Å². The molecule has 2 aliphatic heterocycles. The molecule has 1 atom stereocenters. The number of ketones is 1. The van der Waals surface area contributed by atoms with Gasteiger partial charge in [-0.1, -0.05) is 11.6 Å². The fraction of sp³-hybridized carbons (Fsp3) is 0.467. The third kappa shape index (κ3) is 2.40. The molecule has 1 unspecified atom stereocenters. The Morgan fingerprint density at radius 3 is 2.86 bits per heavy atom. The first kappa shape index (κ1) is 14.4. The molecule has 21 heavy (non-hydrogen) atoms. The van der Waals surface area contributed by atoms with Crippen LogP contribution in [-0.2, 0) is 9.53 Å². The minimum Gasteiger partial charge on any atom is -0.377 e. The van der Waals surface area contributed by atoms with Crippen LogP contribution in [-0.4, -0.2) is 37.5 Å². The predicted molar refractivity (Wildman–Crippen MR) is 81.3 cm³/mol. The van der Waals surface area contributed by atoms with E-state index in [-0.39, 0.29) is 5.60 Å². The van der Waals surface area contributed by atoms with E-state index in [1.165, 1.54) is 0 Å². The van der Waals surface area contributed by atoms with E-state index in [0.29, 0.717) is 16.3 Å². The molecule has 2 heterocycles. The lowest BCUT2D eigenvalue weighted by molar-refractivity contribution is -0.112. The van der Waals surface area contributed by atoms with Crippen LogP contribution >= 0.6 is 11.6 Å². The molecule has 1 aromatic carbocycles. The van der Waals surface area contributed by atoms with Gasteiger partial charge in [-0.25, -0.2) is 0 Å². The SMILES string of the molecule is COC1(C)CCCN(c2cc3c(cc2Cl)C(=O)C(=O)N3)C1. The summed E-state index contributed by atoms with van der Waals surface area (Å²) in [5, 5.41) is 3.07. The molecule has 1 fully saturated rings. The number of methoxy groups -OCH3 is 1. The Morgan fingerprint density at radius 1 is 1.38 bits per heavy atom. The fourth-order valence-electron chi connectivity index (χ4n) is 2.97. The number of piperidine rings is 1. The van der Waals surface area contributed by atoms with Gasteiger partial charge in [0.05, 0.1) is 27.6 Å². The second-order valence-electron chi connectivity index (χ2n) is 5.81. The number of Topliss-reactive ketones (excluding diaryl/α,β-unsaturated/α-hetero) is 1. The smallest absolute Gasteiger partial charge is 0.296 e. The Labute approximate surface area is 128 Å². The minimum absolute atomic E-state index is 0.209. The molecule has 0 radical (unpaired) electrons. The number of ether oxygens (including phenoxy) is 1. The van der Waals surface area contributed by atoms with Gasteiger partial charge in [0.1, 0.15) is 0 Å². The van der Waals surface area contributed by atoms with E-state index in [0.717, 1.165) is 31.6 Å². The van der Waals surface area contributed by atoms with Gasteiger partial charge in [-0.15, -0.1) is 0 Å². The largest absolute Gasteiger partial charge is 0.377 e. The van der Waals surface area contributed by atoms with E-state index < -0.39 is 11.7 Å². The van der Waals surface area contributed by atoms with Gasteiger partial charge in [0, 0.05) is 20.2 Å². The number of nitrogens with zero attached hydrogens (tertiary/aromatic N) is 1. The second-order valence-corrected chi connectivity index (χ2v) is 6.22. The van der Waals surface area contributed by atoms with Crippen molar-refractivity contribution in [2.75, 3.05) is 30.4 Å². The summed E-state index contributed by atoms with van der Waals surface area (Å²) in [6.07, 6.45) is 2.00. The molecule has 0 bridgehead atoms. The van der Waals surface area contributed by atoms with E-state index in [1.807, 2.05) is 0 Å². The van der Waals surface area contributed by atoms with Crippen molar-refractivity contribution < 1.29 is 14.3 Å². The first-order valence-corrected chi connectivity index (χ1v) is 7.31. The molecule has 1 amide bonds. The molecule has 1 N–H and O–H groups in total. The van der Waals surface area contributed by atoms with E-state index in [2.05, 4.69) is 17.1 Å². The molecule has 0 aromatic heterocycles. The van der Waals surface area contributed by atoms with Crippen LogP contribution < -0.4 is 10.2 Å². The fourth-order valence-corrected chi connectivity index (χ4v) is 3.26. The maximum atomic E-state index is 11.7. The highest BCUT2D eigenvalue weighted by Gasteiger charge is 2.34. The monoisotopic (exact) mass is 308 g/mol. The summed E-state index contributed by atoms with van der Waals surface area (Å²) in [4.78, 5) is 25.3. The van der Waals surface area contributed by atoms with E-state index in [9.17, 15) is 9.59 Å². The van der Waals surface area contributed by atoms with Crippen LogP contribution in [0.15, 0.2) is 12.1 Å². The maximum absolute atomic E-state index is 11.7. The quantitative estimate of drug-likeness (QED) is 0.853. The van der Waals surface area contributed by atoms with Crippen LogP contribution in [0, 0.1) is 0 Å². The third-order valence-electron chi connectivity index (χ3n) is 4.28. The van der Waals surface area contributed by atoms with Crippen molar-refractivity contribution in [3.8, 4) is 0 Å². The lowest BCUT2D eigenvalue weighted by Gasteiger charge is -2.41. The highest BCUT2D eigenvalue weighted by Crippen LogP contribution is 2.37. The zero-order valence-electron chi connectivity index (χ0n) is 12.0. The molecule has 1 aromatic rings. The number of rotatable bonds is 2. The van der Waals surface area contributed by atoms with Gasteiger partial charge in [-0.05, 0) is 31.9 Å². The molecule has 3 rings (SSSR count). The summed E-state index contributed by atoms with van der Waals surface area (Å²) < 4.78 is 5.59. The molecule has 6 heteroatoms. The maximum Gasteiger partial charge on any atom is 0.296 e. The molecule has 0 saturated carbocycles. The number of halogens is 1. The summed E-state index contributed by atoms with van der Waals surface area (Å²) in [7, 11) is 1.71. The van der Waals surface area contributed by atoms with Crippen molar-refractivity contribution in [1.29, 1.82) is 0 Å².